The molecule has 0 aliphatic carbocycles. The highest BCUT2D eigenvalue weighted by Crippen LogP contribution is 2.17. The minimum atomic E-state index is -0.410. The molecule has 0 bridgehead atoms. The lowest BCUT2D eigenvalue weighted by molar-refractivity contribution is -0.141. The minimum Gasteiger partial charge on any atom is -0.468 e. The van der Waals surface area contributed by atoms with Crippen LogP contribution < -0.4 is 5.32 Å². The second kappa shape index (κ2) is 8.19. The number of carbonyl (C=O) groups excluding carboxylic acids is 2. The van der Waals surface area contributed by atoms with Crippen molar-refractivity contribution in [3.63, 3.8) is 0 Å². The summed E-state index contributed by atoms with van der Waals surface area (Å²) in [7, 11) is 1.32. The molecule has 0 saturated heterocycles. The van der Waals surface area contributed by atoms with E-state index in [-0.39, 0.29) is 12.5 Å². The fraction of sp³-hybridized carbons (Fsp3) is 0.467. The highest BCUT2D eigenvalue weighted by Gasteiger charge is 2.20. The first-order chi connectivity index (χ1) is 9.63. The Morgan fingerprint density at radius 3 is 2.55 bits per heavy atom. The second-order valence-corrected chi connectivity index (χ2v) is 4.38. The fourth-order valence-corrected chi connectivity index (χ4v) is 1.93. The molecule has 1 aromatic rings. The number of carbonyl (C=O) groups is 2. The highest BCUT2D eigenvalue weighted by molar-refractivity contribution is 6.00. The van der Waals surface area contributed by atoms with Crippen LogP contribution in [0.4, 0.5) is 5.69 Å². The monoisotopic (exact) mass is 278 g/mol. The molecule has 0 fully saturated rings. The molecule has 0 heterocycles. The third-order valence-corrected chi connectivity index (χ3v) is 2.85. The van der Waals surface area contributed by atoms with Crippen LogP contribution >= 0.6 is 0 Å². The third kappa shape index (κ3) is 4.26. The summed E-state index contributed by atoms with van der Waals surface area (Å²) in [5.41, 5.74) is 1.36. The Morgan fingerprint density at radius 2 is 1.95 bits per heavy atom. The van der Waals surface area contributed by atoms with E-state index in [9.17, 15) is 9.59 Å². The predicted octanol–water partition coefficient (Wildman–Crippen LogP) is 2.14. The standard InChI is InChI=1S/C15H22N2O3/c1-4-10-17(11-14(18)20-3)15(19)12-8-6-7-9-13(12)16-5-2/h6-9,16H,4-5,10-11H2,1-3H3. The number of rotatable bonds is 7. The first kappa shape index (κ1) is 16.0. The van der Waals surface area contributed by atoms with Gasteiger partial charge in [0.15, 0.2) is 0 Å². The van der Waals surface area contributed by atoms with Crippen LogP contribution in [0, 0.1) is 0 Å². The van der Waals surface area contributed by atoms with Gasteiger partial charge in [-0.25, -0.2) is 0 Å². The van der Waals surface area contributed by atoms with Gasteiger partial charge in [-0.1, -0.05) is 19.1 Å². The van der Waals surface area contributed by atoms with Crippen molar-refractivity contribution in [3.8, 4) is 0 Å². The van der Waals surface area contributed by atoms with Gasteiger partial charge >= 0.3 is 5.97 Å². The summed E-state index contributed by atoms with van der Waals surface area (Å²) in [5.74, 6) is -0.568. The molecular weight excluding hydrogens is 256 g/mol. The molecule has 0 saturated carbocycles. The zero-order valence-electron chi connectivity index (χ0n) is 12.3. The lowest BCUT2D eigenvalue weighted by Gasteiger charge is -2.22. The van der Waals surface area contributed by atoms with Gasteiger partial charge < -0.3 is 15.0 Å². The maximum absolute atomic E-state index is 12.6. The van der Waals surface area contributed by atoms with Crippen molar-refractivity contribution in [2.45, 2.75) is 20.3 Å². The molecule has 0 aromatic heterocycles. The molecule has 1 aromatic carbocycles. The molecule has 0 atom stereocenters. The van der Waals surface area contributed by atoms with Gasteiger partial charge in [-0.3, -0.25) is 9.59 Å². The number of para-hydroxylation sites is 1. The van der Waals surface area contributed by atoms with Gasteiger partial charge in [0.25, 0.3) is 5.91 Å². The lowest BCUT2D eigenvalue weighted by atomic mass is 10.1. The van der Waals surface area contributed by atoms with Gasteiger partial charge in [0.2, 0.25) is 0 Å². The van der Waals surface area contributed by atoms with Gasteiger partial charge in [-0.15, -0.1) is 0 Å². The van der Waals surface area contributed by atoms with Gasteiger partial charge in [0.05, 0.1) is 12.7 Å². The summed E-state index contributed by atoms with van der Waals surface area (Å²) >= 11 is 0. The molecule has 1 amide bonds. The van der Waals surface area contributed by atoms with Crippen molar-refractivity contribution < 1.29 is 14.3 Å². The molecule has 5 nitrogen and oxygen atoms in total. The number of hydrogen-bond acceptors (Lipinski definition) is 4. The van der Waals surface area contributed by atoms with E-state index in [1.54, 1.807) is 6.07 Å². The van der Waals surface area contributed by atoms with E-state index < -0.39 is 5.97 Å². The van der Waals surface area contributed by atoms with E-state index in [0.717, 1.165) is 18.7 Å². The molecule has 5 heteroatoms. The van der Waals surface area contributed by atoms with Crippen LogP contribution in [0.2, 0.25) is 0 Å². The molecule has 20 heavy (non-hydrogen) atoms. The molecule has 0 aliphatic heterocycles. The zero-order chi connectivity index (χ0) is 15.0. The maximum atomic E-state index is 12.6. The normalized spacial score (nSPS) is 9.95. The fourth-order valence-electron chi connectivity index (χ4n) is 1.93. The number of hydrogen-bond donors (Lipinski definition) is 1. The van der Waals surface area contributed by atoms with Gasteiger partial charge in [-0.2, -0.15) is 0 Å². The highest BCUT2D eigenvalue weighted by atomic mass is 16.5. The van der Waals surface area contributed by atoms with Crippen LogP contribution in [-0.2, 0) is 9.53 Å². The second-order valence-electron chi connectivity index (χ2n) is 4.38. The van der Waals surface area contributed by atoms with Crippen molar-refractivity contribution in [1.29, 1.82) is 0 Å². The molecule has 1 rings (SSSR count). The number of nitrogens with one attached hydrogen (secondary N) is 1. The van der Waals surface area contributed by atoms with E-state index in [1.807, 2.05) is 32.0 Å². The lowest BCUT2D eigenvalue weighted by Crippen LogP contribution is -2.37. The number of ether oxygens (including phenoxy) is 1. The molecule has 1 N–H and O–H groups in total. The van der Waals surface area contributed by atoms with Gasteiger partial charge in [-0.05, 0) is 25.5 Å². The quantitative estimate of drug-likeness (QED) is 0.776. The van der Waals surface area contributed by atoms with Crippen molar-refractivity contribution in [1.82, 2.24) is 4.90 Å². The Hall–Kier alpha value is -2.04. The Bertz CT molecular complexity index is 460. The topological polar surface area (TPSA) is 58.6 Å². The molecular formula is C15H22N2O3. The molecule has 0 radical (unpaired) electrons. The summed E-state index contributed by atoms with van der Waals surface area (Å²) in [6, 6.07) is 7.31. The van der Waals surface area contributed by atoms with E-state index in [0.29, 0.717) is 12.1 Å². The van der Waals surface area contributed by atoms with Crippen LogP contribution in [0.5, 0.6) is 0 Å². The average Bonchev–Trinajstić information content (AvgIpc) is 2.47. The van der Waals surface area contributed by atoms with Gasteiger partial charge in [0.1, 0.15) is 6.54 Å². The van der Waals surface area contributed by atoms with E-state index >= 15 is 0 Å². The number of esters is 1. The number of methoxy groups -OCH3 is 1. The summed E-state index contributed by atoms with van der Waals surface area (Å²) in [6.45, 7) is 5.17. The molecule has 0 spiro atoms. The van der Waals surface area contributed by atoms with E-state index in [1.165, 1.54) is 12.0 Å². The SMILES string of the molecule is CCCN(CC(=O)OC)C(=O)c1ccccc1NCC. The Balaban J connectivity index is 2.96. The summed E-state index contributed by atoms with van der Waals surface area (Å²) < 4.78 is 4.64. The minimum absolute atomic E-state index is 0.0242. The van der Waals surface area contributed by atoms with Crippen LogP contribution in [0.3, 0.4) is 0 Å². The summed E-state index contributed by atoms with van der Waals surface area (Å²) in [4.78, 5) is 25.5. The first-order valence-corrected chi connectivity index (χ1v) is 6.83. The zero-order valence-corrected chi connectivity index (χ0v) is 12.3. The van der Waals surface area contributed by atoms with Gasteiger partial charge in [0, 0.05) is 18.8 Å². The van der Waals surface area contributed by atoms with Crippen LogP contribution in [0.1, 0.15) is 30.6 Å². The molecule has 0 unspecified atom stereocenters. The van der Waals surface area contributed by atoms with Crippen molar-refractivity contribution in [2.75, 3.05) is 32.1 Å². The molecule has 110 valence electrons. The van der Waals surface area contributed by atoms with Crippen LogP contribution in [-0.4, -0.2) is 43.5 Å². The molecule has 0 aliphatic rings. The Labute approximate surface area is 119 Å². The number of benzene rings is 1. The van der Waals surface area contributed by atoms with E-state index in [4.69, 9.17) is 0 Å². The predicted molar refractivity (Wildman–Crippen MR) is 78.8 cm³/mol. The average molecular weight is 278 g/mol. The van der Waals surface area contributed by atoms with Crippen molar-refractivity contribution in [2.24, 2.45) is 0 Å². The number of amides is 1. The maximum Gasteiger partial charge on any atom is 0.325 e. The summed E-state index contributed by atoms with van der Waals surface area (Å²) in [5, 5.41) is 3.16. The first-order valence-electron chi connectivity index (χ1n) is 6.83. The third-order valence-electron chi connectivity index (χ3n) is 2.85. The number of nitrogens with zero attached hydrogens (tertiary/aromatic N) is 1. The Kier molecular flexibility index (Phi) is 6.56. The van der Waals surface area contributed by atoms with Crippen molar-refractivity contribution >= 4 is 17.6 Å². The van der Waals surface area contributed by atoms with Crippen LogP contribution in [0.25, 0.3) is 0 Å². The van der Waals surface area contributed by atoms with Crippen LogP contribution in [0.15, 0.2) is 24.3 Å². The Morgan fingerprint density at radius 1 is 1.25 bits per heavy atom. The van der Waals surface area contributed by atoms with Crippen molar-refractivity contribution in [3.05, 3.63) is 29.8 Å². The largest absolute Gasteiger partial charge is 0.468 e. The van der Waals surface area contributed by atoms with E-state index in [2.05, 4.69) is 10.1 Å². The summed E-state index contributed by atoms with van der Waals surface area (Å²) in [6.07, 6.45) is 0.784. The number of anilines is 1. The smallest absolute Gasteiger partial charge is 0.325 e.